The molecule has 0 spiro atoms. The second-order valence-electron chi connectivity index (χ2n) is 7.84. The summed E-state index contributed by atoms with van der Waals surface area (Å²) in [6, 6.07) is 13.5. The van der Waals surface area contributed by atoms with Crippen molar-refractivity contribution in [3.8, 4) is 11.3 Å². The van der Waals surface area contributed by atoms with Crippen molar-refractivity contribution in [2.45, 2.75) is 25.2 Å². The van der Waals surface area contributed by atoms with E-state index in [1.165, 1.54) is 23.1 Å². The van der Waals surface area contributed by atoms with E-state index in [-0.39, 0.29) is 35.3 Å². The van der Waals surface area contributed by atoms with E-state index in [0.29, 0.717) is 22.8 Å². The van der Waals surface area contributed by atoms with Crippen molar-refractivity contribution in [1.29, 1.82) is 0 Å². The SMILES string of the molecule is O=C(c1ccc(Cl)cc1)N(Cc1ccc(-c2cccc(C(F)(F)F)c2)o1)[C@H]1CCS(=O)(=O)C1. The first-order chi connectivity index (χ1) is 15.5. The fourth-order valence-electron chi connectivity index (χ4n) is 3.78. The van der Waals surface area contributed by atoms with Crippen LogP contribution in [0, 0.1) is 0 Å². The van der Waals surface area contributed by atoms with E-state index in [9.17, 15) is 26.4 Å². The lowest BCUT2D eigenvalue weighted by molar-refractivity contribution is -0.137. The van der Waals surface area contributed by atoms with E-state index in [4.69, 9.17) is 16.0 Å². The molecule has 3 aromatic rings. The molecule has 1 aliphatic rings. The summed E-state index contributed by atoms with van der Waals surface area (Å²) in [5, 5.41) is 0.457. The first-order valence-electron chi connectivity index (χ1n) is 10.1. The lowest BCUT2D eigenvalue weighted by atomic mass is 10.1. The summed E-state index contributed by atoms with van der Waals surface area (Å²) in [6.45, 7) is -0.0272. The number of sulfone groups is 1. The highest BCUT2D eigenvalue weighted by molar-refractivity contribution is 7.91. The number of halogens is 4. The minimum Gasteiger partial charge on any atom is -0.459 e. The van der Waals surface area contributed by atoms with Crippen LogP contribution in [0.25, 0.3) is 11.3 Å². The highest BCUT2D eigenvalue weighted by atomic mass is 35.5. The minimum absolute atomic E-state index is 0.0182. The summed E-state index contributed by atoms with van der Waals surface area (Å²) in [4.78, 5) is 14.6. The van der Waals surface area contributed by atoms with Crippen molar-refractivity contribution >= 4 is 27.3 Å². The number of carbonyl (C=O) groups excluding carboxylic acids is 1. The number of carbonyl (C=O) groups is 1. The molecule has 0 unspecified atom stereocenters. The predicted molar refractivity (Wildman–Crippen MR) is 118 cm³/mol. The van der Waals surface area contributed by atoms with Crippen LogP contribution in [0.5, 0.6) is 0 Å². The third-order valence-corrected chi connectivity index (χ3v) is 7.47. The van der Waals surface area contributed by atoms with Crippen molar-refractivity contribution in [3.63, 3.8) is 0 Å². The van der Waals surface area contributed by atoms with Gasteiger partial charge in [-0.1, -0.05) is 23.7 Å². The molecule has 0 saturated carbocycles. The Bertz CT molecular complexity index is 1270. The molecule has 1 atom stereocenters. The van der Waals surface area contributed by atoms with Crippen molar-refractivity contribution in [1.82, 2.24) is 4.90 Å². The number of amides is 1. The maximum absolute atomic E-state index is 13.2. The van der Waals surface area contributed by atoms with Crippen LogP contribution in [-0.4, -0.2) is 36.8 Å². The van der Waals surface area contributed by atoms with E-state index >= 15 is 0 Å². The molecule has 5 nitrogen and oxygen atoms in total. The van der Waals surface area contributed by atoms with Crippen molar-refractivity contribution < 1.29 is 30.8 Å². The number of alkyl halides is 3. The predicted octanol–water partition coefficient (Wildman–Crippen LogP) is 5.45. The molecule has 10 heteroatoms. The van der Waals surface area contributed by atoms with Gasteiger partial charge in [-0.2, -0.15) is 13.2 Å². The van der Waals surface area contributed by atoms with Crippen LogP contribution in [0.3, 0.4) is 0 Å². The van der Waals surface area contributed by atoms with Crippen LogP contribution >= 0.6 is 11.6 Å². The Balaban J connectivity index is 1.61. The van der Waals surface area contributed by atoms with Gasteiger partial charge in [-0.05, 0) is 55.0 Å². The van der Waals surface area contributed by atoms with Gasteiger partial charge in [0.25, 0.3) is 5.91 Å². The zero-order valence-electron chi connectivity index (χ0n) is 17.2. The number of nitrogens with zero attached hydrogens (tertiary/aromatic N) is 1. The van der Waals surface area contributed by atoms with Gasteiger partial charge in [0.2, 0.25) is 0 Å². The molecule has 0 bridgehead atoms. The van der Waals surface area contributed by atoms with Crippen LogP contribution in [0.2, 0.25) is 5.02 Å². The first-order valence-corrected chi connectivity index (χ1v) is 12.2. The summed E-state index contributed by atoms with van der Waals surface area (Å²) in [6.07, 6.45) is -4.19. The summed E-state index contributed by atoms with van der Waals surface area (Å²) in [7, 11) is -3.26. The second kappa shape index (κ2) is 8.87. The Morgan fingerprint density at radius 2 is 1.82 bits per heavy atom. The fourth-order valence-corrected chi connectivity index (χ4v) is 5.64. The number of hydrogen-bond acceptors (Lipinski definition) is 4. The van der Waals surface area contributed by atoms with Crippen LogP contribution < -0.4 is 0 Å². The Kier molecular flexibility index (Phi) is 6.28. The van der Waals surface area contributed by atoms with Gasteiger partial charge in [-0.25, -0.2) is 8.42 Å². The first kappa shape index (κ1) is 23.4. The second-order valence-corrected chi connectivity index (χ2v) is 10.5. The minimum atomic E-state index is -4.48. The standard InChI is InChI=1S/C23H19ClF3NO4S/c24-18-6-4-15(5-7-18)22(29)28(19-10-11-33(30,31)14-19)13-20-8-9-21(32-20)16-2-1-3-17(12-16)23(25,26)27/h1-9,12,19H,10-11,13-14H2/t19-/m0/s1. The Hall–Kier alpha value is -2.78. The maximum atomic E-state index is 13.2. The maximum Gasteiger partial charge on any atom is 0.416 e. The average molecular weight is 498 g/mol. The summed E-state index contributed by atoms with van der Waals surface area (Å²) in [5.74, 6) is -0.0164. The zero-order valence-corrected chi connectivity index (χ0v) is 18.8. The Labute approximate surface area is 193 Å². The molecule has 174 valence electrons. The van der Waals surface area contributed by atoms with Crippen molar-refractivity contribution in [2.75, 3.05) is 11.5 Å². The van der Waals surface area contributed by atoms with Crippen LogP contribution in [-0.2, 0) is 22.6 Å². The summed E-state index contributed by atoms with van der Waals surface area (Å²) in [5.41, 5.74) is -0.211. The Morgan fingerprint density at radius 3 is 2.45 bits per heavy atom. The van der Waals surface area contributed by atoms with Gasteiger partial charge < -0.3 is 9.32 Å². The average Bonchev–Trinajstić information content (AvgIpc) is 3.37. The molecule has 1 aliphatic heterocycles. The molecule has 0 N–H and O–H groups in total. The summed E-state index contributed by atoms with van der Waals surface area (Å²) < 4.78 is 68.9. The van der Waals surface area contributed by atoms with Gasteiger partial charge in [-0.15, -0.1) is 0 Å². The smallest absolute Gasteiger partial charge is 0.416 e. The third kappa shape index (κ3) is 5.42. The molecule has 1 fully saturated rings. The fraction of sp³-hybridized carbons (Fsp3) is 0.261. The molecule has 4 rings (SSSR count). The molecule has 2 heterocycles. The van der Waals surface area contributed by atoms with Crippen molar-refractivity contribution in [2.24, 2.45) is 0 Å². The molecule has 0 aliphatic carbocycles. The largest absolute Gasteiger partial charge is 0.459 e. The van der Waals surface area contributed by atoms with E-state index in [2.05, 4.69) is 0 Å². The Morgan fingerprint density at radius 1 is 1.09 bits per heavy atom. The zero-order chi connectivity index (χ0) is 23.8. The molecule has 33 heavy (non-hydrogen) atoms. The van der Waals surface area contributed by atoms with Crippen LogP contribution in [0.15, 0.2) is 65.1 Å². The molecule has 1 saturated heterocycles. The van der Waals surface area contributed by atoms with Gasteiger partial charge in [0.1, 0.15) is 11.5 Å². The molecular formula is C23H19ClF3NO4S. The third-order valence-electron chi connectivity index (χ3n) is 5.46. The highest BCUT2D eigenvalue weighted by Crippen LogP contribution is 2.33. The quantitative estimate of drug-likeness (QED) is 0.470. The van der Waals surface area contributed by atoms with E-state index in [1.807, 2.05) is 0 Å². The molecule has 2 aromatic carbocycles. The van der Waals surface area contributed by atoms with Gasteiger partial charge in [0, 0.05) is 22.2 Å². The molecule has 1 aromatic heterocycles. The van der Waals surface area contributed by atoms with E-state index in [1.54, 1.807) is 30.3 Å². The summed E-state index contributed by atoms with van der Waals surface area (Å²) >= 11 is 5.90. The van der Waals surface area contributed by atoms with Gasteiger partial charge in [-0.3, -0.25) is 4.79 Å². The monoisotopic (exact) mass is 497 g/mol. The normalized spacial score (nSPS) is 17.8. The van der Waals surface area contributed by atoms with Gasteiger partial charge >= 0.3 is 6.18 Å². The molecular weight excluding hydrogens is 479 g/mol. The number of furan rings is 1. The molecule has 1 amide bonds. The van der Waals surface area contributed by atoms with Gasteiger partial charge in [0.05, 0.1) is 23.6 Å². The lowest BCUT2D eigenvalue weighted by Crippen LogP contribution is -2.40. The van der Waals surface area contributed by atoms with Gasteiger partial charge in [0.15, 0.2) is 9.84 Å². The number of benzene rings is 2. The lowest BCUT2D eigenvalue weighted by Gasteiger charge is -2.27. The van der Waals surface area contributed by atoms with E-state index in [0.717, 1.165) is 12.1 Å². The number of rotatable bonds is 5. The van der Waals surface area contributed by atoms with Crippen molar-refractivity contribution in [3.05, 3.63) is 82.6 Å². The van der Waals surface area contributed by atoms with Crippen LogP contribution in [0.4, 0.5) is 13.2 Å². The van der Waals surface area contributed by atoms with Crippen LogP contribution in [0.1, 0.15) is 28.1 Å². The number of hydrogen-bond donors (Lipinski definition) is 0. The van der Waals surface area contributed by atoms with E-state index < -0.39 is 27.6 Å². The highest BCUT2D eigenvalue weighted by Gasteiger charge is 2.36. The molecule has 0 radical (unpaired) electrons. The topological polar surface area (TPSA) is 67.6 Å².